The number of nitrogens with zero attached hydrogens (tertiary/aromatic N) is 2. The maximum atomic E-state index is 11.0. The number of benzene rings is 2. The Morgan fingerprint density at radius 3 is 2.74 bits per heavy atom. The van der Waals surface area contributed by atoms with E-state index >= 15 is 0 Å². The molecule has 6 heteroatoms. The molecule has 0 aliphatic rings. The minimum Gasteiger partial charge on any atom is -0.495 e. The SMILES string of the molecule is COc1ccc(COc2ccc3oc(-c4cccc(C=O)c4)nc3c2)nc1. The molecule has 0 atom stereocenters. The number of methoxy groups -OCH3 is 1. The summed E-state index contributed by atoms with van der Waals surface area (Å²) in [4.78, 5) is 19.7. The highest BCUT2D eigenvalue weighted by atomic mass is 16.5. The van der Waals surface area contributed by atoms with E-state index in [0.717, 1.165) is 17.5 Å². The predicted octanol–water partition coefficient (Wildman–Crippen LogP) is 4.29. The van der Waals surface area contributed by atoms with Crippen LogP contribution in [0.1, 0.15) is 16.1 Å². The number of fused-ring (bicyclic) bond motifs is 1. The van der Waals surface area contributed by atoms with Crippen LogP contribution in [0.3, 0.4) is 0 Å². The first-order valence-electron chi connectivity index (χ1n) is 8.33. The van der Waals surface area contributed by atoms with Gasteiger partial charge in [-0.15, -0.1) is 0 Å². The fourth-order valence-electron chi connectivity index (χ4n) is 2.64. The topological polar surface area (TPSA) is 74.5 Å². The molecule has 134 valence electrons. The first-order chi connectivity index (χ1) is 13.2. The van der Waals surface area contributed by atoms with Gasteiger partial charge in [-0.3, -0.25) is 9.78 Å². The van der Waals surface area contributed by atoms with Crippen molar-refractivity contribution in [3.05, 3.63) is 72.1 Å². The number of ether oxygens (including phenoxy) is 2. The van der Waals surface area contributed by atoms with Crippen LogP contribution >= 0.6 is 0 Å². The van der Waals surface area contributed by atoms with Crippen LogP contribution in [0.2, 0.25) is 0 Å². The van der Waals surface area contributed by atoms with E-state index in [-0.39, 0.29) is 0 Å². The quantitative estimate of drug-likeness (QED) is 0.478. The summed E-state index contributed by atoms with van der Waals surface area (Å²) in [5.74, 6) is 1.83. The molecule has 0 bridgehead atoms. The van der Waals surface area contributed by atoms with Crippen molar-refractivity contribution in [2.45, 2.75) is 6.61 Å². The first-order valence-corrected chi connectivity index (χ1v) is 8.33. The average molecular weight is 360 g/mol. The number of aromatic nitrogens is 2. The molecule has 0 N–H and O–H groups in total. The van der Waals surface area contributed by atoms with Gasteiger partial charge in [0.2, 0.25) is 5.89 Å². The highest BCUT2D eigenvalue weighted by molar-refractivity contribution is 5.80. The Hall–Kier alpha value is -3.67. The molecule has 0 unspecified atom stereocenters. The van der Waals surface area contributed by atoms with Crippen LogP contribution in [0.25, 0.3) is 22.6 Å². The summed E-state index contributed by atoms with van der Waals surface area (Å²) < 4.78 is 16.7. The summed E-state index contributed by atoms with van der Waals surface area (Å²) in [5.41, 5.74) is 3.45. The van der Waals surface area contributed by atoms with Crippen molar-refractivity contribution in [1.82, 2.24) is 9.97 Å². The molecule has 0 aliphatic heterocycles. The van der Waals surface area contributed by atoms with E-state index in [9.17, 15) is 4.79 Å². The second-order valence-corrected chi connectivity index (χ2v) is 5.87. The van der Waals surface area contributed by atoms with Crippen LogP contribution in [-0.2, 0) is 6.61 Å². The Morgan fingerprint density at radius 2 is 1.96 bits per heavy atom. The molecule has 0 spiro atoms. The van der Waals surface area contributed by atoms with Crippen LogP contribution < -0.4 is 9.47 Å². The number of aldehydes is 1. The standard InChI is InChI=1S/C21H16N2O4/c1-25-18-6-5-16(22-11-18)13-26-17-7-8-20-19(10-17)23-21(27-20)15-4-2-3-14(9-15)12-24/h2-12H,13H2,1H3. The van der Waals surface area contributed by atoms with E-state index in [1.807, 2.05) is 36.4 Å². The smallest absolute Gasteiger partial charge is 0.227 e. The zero-order valence-electron chi connectivity index (χ0n) is 14.6. The number of hydrogen-bond acceptors (Lipinski definition) is 6. The number of oxazole rings is 1. The van der Waals surface area contributed by atoms with Crippen molar-refractivity contribution in [3.63, 3.8) is 0 Å². The molecular formula is C21H16N2O4. The Labute approximate surface area is 155 Å². The van der Waals surface area contributed by atoms with Gasteiger partial charge in [-0.1, -0.05) is 12.1 Å². The van der Waals surface area contributed by atoms with Crippen molar-refractivity contribution in [3.8, 4) is 23.0 Å². The number of carbonyl (C=O) groups excluding carboxylic acids is 1. The van der Waals surface area contributed by atoms with Crippen molar-refractivity contribution in [2.75, 3.05) is 7.11 Å². The summed E-state index contributed by atoms with van der Waals surface area (Å²) in [7, 11) is 1.60. The van der Waals surface area contributed by atoms with Crippen molar-refractivity contribution < 1.29 is 18.7 Å². The van der Waals surface area contributed by atoms with E-state index in [1.165, 1.54) is 0 Å². The molecule has 0 saturated heterocycles. The molecular weight excluding hydrogens is 344 g/mol. The predicted molar refractivity (Wildman–Crippen MR) is 100.0 cm³/mol. The zero-order chi connectivity index (χ0) is 18.6. The minimum atomic E-state index is 0.335. The maximum Gasteiger partial charge on any atom is 0.227 e. The maximum absolute atomic E-state index is 11.0. The lowest BCUT2D eigenvalue weighted by Crippen LogP contribution is -1.98. The third-order valence-corrected chi connectivity index (χ3v) is 4.05. The molecule has 4 rings (SSSR count). The fraction of sp³-hybridized carbons (Fsp3) is 0.0952. The number of hydrogen-bond donors (Lipinski definition) is 0. The summed E-state index contributed by atoms with van der Waals surface area (Å²) in [6, 6.07) is 16.3. The van der Waals surface area contributed by atoms with E-state index in [2.05, 4.69) is 9.97 Å². The second-order valence-electron chi connectivity index (χ2n) is 5.87. The van der Waals surface area contributed by atoms with Gasteiger partial charge in [0, 0.05) is 17.2 Å². The molecule has 2 aromatic heterocycles. The van der Waals surface area contributed by atoms with E-state index in [0.29, 0.717) is 40.7 Å². The van der Waals surface area contributed by atoms with Crippen LogP contribution in [0, 0.1) is 0 Å². The van der Waals surface area contributed by atoms with Crippen LogP contribution in [-0.4, -0.2) is 23.4 Å². The fourth-order valence-corrected chi connectivity index (χ4v) is 2.64. The van der Waals surface area contributed by atoms with Gasteiger partial charge in [-0.2, -0.15) is 0 Å². The largest absolute Gasteiger partial charge is 0.495 e. The van der Waals surface area contributed by atoms with Crippen molar-refractivity contribution >= 4 is 17.4 Å². The molecule has 27 heavy (non-hydrogen) atoms. The Kier molecular flexibility index (Phi) is 4.53. The monoisotopic (exact) mass is 360 g/mol. The van der Waals surface area contributed by atoms with E-state index in [4.69, 9.17) is 13.9 Å². The van der Waals surface area contributed by atoms with Gasteiger partial charge in [0.1, 0.15) is 29.9 Å². The number of rotatable bonds is 6. The molecule has 6 nitrogen and oxygen atoms in total. The van der Waals surface area contributed by atoms with Crippen LogP contribution in [0.15, 0.2) is 65.2 Å². The highest BCUT2D eigenvalue weighted by Gasteiger charge is 2.10. The summed E-state index contributed by atoms with van der Waals surface area (Å²) in [6.45, 7) is 0.335. The third kappa shape index (κ3) is 3.64. The molecule has 2 heterocycles. The van der Waals surface area contributed by atoms with Gasteiger partial charge in [-0.05, 0) is 36.4 Å². The molecule has 0 fully saturated rings. The van der Waals surface area contributed by atoms with Gasteiger partial charge in [0.25, 0.3) is 0 Å². The third-order valence-electron chi connectivity index (χ3n) is 4.05. The first kappa shape index (κ1) is 16.8. The van der Waals surface area contributed by atoms with Gasteiger partial charge in [0.05, 0.1) is 19.0 Å². The lowest BCUT2D eigenvalue weighted by Gasteiger charge is -2.06. The summed E-state index contributed by atoms with van der Waals surface area (Å²) in [6.07, 6.45) is 2.45. The number of pyridine rings is 1. The van der Waals surface area contributed by atoms with Crippen LogP contribution in [0.4, 0.5) is 0 Å². The average Bonchev–Trinajstić information content (AvgIpc) is 3.16. The molecule has 0 saturated carbocycles. The zero-order valence-corrected chi connectivity index (χ0v) is 14.6. The van der Waals surface area contributed by atoms with Gasteiger partial charge in [0.15, 0.2) is 5.58 Å². The molecule has 4 aromatic rings. The van der Waals surface area contributed by atoms with E-state index in [1.54, 1.807) is 31.5 Å². The molecule has 0 aliphatic carbocycles. The van der Waals surface area contributed by atoms with Crippen molar-refractivity contribution in [1.29, 1.82) is 0 Å². The molecule has 0 radical (unpaired) electrons. The Balaban J connectivity index is 1.54. The van der Waals surface area contributed by atoms with Gasteiger partial charge >= 0.3 is 0 Å². The van der Waals surface area contributed by atoms with Gasteiger partial charge in [-0.25, -0.2) is 4.98 Å². The Bertz CT molecular complexity index is 1090. The minimum absolute atomic E-state index is 0.335. The van der Waals surface area contributed by atoms with E-state index < -0.39 is 0 Å². The summed E-state index contributed by atoms with van der Waals surface area (Å²) in [5, 5.41) is 0. The lowest BCUT2D eigenvalue weighted by atomic mass is 10.1. The van der Waals surface area contributed by atoms with Gasteiger partial charge < -0.3 is 13.9 Å². The van der Waals surface area contributed by atoms with Crippen molar-refractivity contribution in [2.24, 2.45) is 0 Å². The normalized spacial score (nSPS) is 10.7. The second kappa shape index (κ2) is 7.29. The Morgan fingerprint density at radius 1 is 1.07 bits per heavy atom. The lowest BCUT2D eigenvalue weighted by molar-refractivity contribution is 0.112. The highest BCUT2D eigenvalue weighted by Crippen LogP contribution is 2.27. The molecule has 0 amide bonds. The van der Waals surface area contributed by atoms with Crippen LogP contribution in [0.5, 0.6) is 11.5 Å². The summed E-state index contributed by atoms with van der Waals surface area (Å²) >= 11 is 0. The molecule has 2 aromatic carbocycles. The number of carbonyl (C=O) groups is 1.